The molecule has 25 heavy (non-hydrogen) atoms. The van der Waals surface area contributed by atoms with Crippen molar-refractivity contribution in [1.29, 1.82) is 0 Å². The predicted molar refractivity (Wildman–Crippen MR) is 99.2 cm³/mol. The van der Waals surface area contributed by atoms with Gasteiger partial charge >= 0.3 is 0 Å². The molecule has 0 spiro atoms. The van der Waals surface area contributed by atoms with Crippen LogP contribution in [0.2, 0.25) is 0 Å². The van der Waals surface area contributed by atoms with Crippen LogP contribution in [0.1, 0.15) is 24.0 Å². The van der Waals surface area contributed by atoms with Crippen molar-refractivity contribution >= 4 is 0 Å². The van der Waals surface area contributed by atoms with Gasteiger partial charge in [-0.3, -0.25) is 4.90 Å². The van der Waals surface area contributed by atoms with Gasteiger partial charge in [0.15, 0.2) is 0 Å². The van der Waals surface area contributed by atoms with Crippen LogP contribution in [-0.4, -0.2) is 34.4 Å². The molecule has 2 aromatic carbocycles. The van der Waals surface area contributed by atoms with Crippen LogP contribution in [0.15, 0.2) is 54.6 Å². The van der Waals surface area contributed by atoms with Crippen molar-refractivity contribution in [3.63, 3.8) is 0 Å². The number of phenols is 1. The molecule has 1 saturated carbocycles. The normalized spacial score (nSPS) is 27.3. The maximum Gasteiger partial charge on any atom is 0.115 e. The summed E-state index contributed by atoms with van der Waals surface area (Å²) in [5.74, 6) is 2.55. The van der Waals surface area contributed by atoms with Gasteiger partial charge in [-0.2, -0.15) is 0 Å². The molecule has 3 heteroatoms. The molecule has 0 aromatic heterocycles. The maximum atomic E-state index is 10.6. The van der Waals surface area contributed by atoms with Crippen molar-refractivity contribution in [2.24, 2.45) is 17.8 Å². The molecule has 3 nitrogen and oxygen atoms in total. The lowest BCUT2D eigenvalue weighted by Crippen LogP contribution is -2.35. The molecule has 1 aliphatic heterocycles. The Labute approximate surface area is 149 Å². The maximum absolute atomic E-state index is 10.6. The highest BCUT2D eigenvalue weighted by Crippen LogP contribution is 2.43. The quantitative estimate of drug-likeness (QED) is 0.878. The number of rotatable bonds is 5. The molecule has 0 amide bonds. The lowest BCUT2D eigenvalue weighted by molar-refractivity contribution is 0.0147. The standard InChI is InChI=1S/C22H27NO2/c24-21-8-6-17(7-9-21)13-22(25)23-14-19-11-18(12-20(19)15-23)10-16-4-2-1-3-5-16/h1-9,18-20,22,24-25H,10-15H2/t18-,19-,20+,22?. The fourth-order valence-corrected chi connectivity index (χ4v) is 4.79. The Kier molecular flexibility index (Phi) is 4.78. The monoisotopic (exact) mass is 337 g/mol. The average Bonchev–Trinajstić information content (AvgIpc) is 3.16. The number of aromatic hydroxyl groups is 1. The summed E-state index contributed by atoms with van der Waals surface area (Å²) in [6, 6.07) is 18.0. The van der Waals surface area contributed by atoms with Gasteiger partial charge in [0.25, 0.3) is 0 Å². The summed E-state index contributed by atoms with van der Waals surface area (Å²) in [4.78, 5) is 2.25. The SMILES string of the molecule is Oc1ccc(CC(O)N2C[C@H]3C[C@@H](Cc4ccccc4)C[C@H]3C2)cc1. The summed E-state index contributed by atoms with van der Waals surface area (Å²) in [6.45, 7) is 2.05. The van der Waals surface area contributed by atoms with Crippen LogP contribution in [-0.2, 0) is 12.8 Å². The Bertz CT molecular complexity index is 671. The first-order valence-corrected chi connectivity index (χ1v) is 9.41. The van der Waals surface area contributed by atoms with Gasteiger partial charge in [0.2, 0.25) is 0 Å². The largest absolute Gasteiger partial charge is 0.508 e. The number of fused-ring (bicyclic) bond motifs is 1. The van der Waals surface area contributed by atoms with Crippen molar-refractivity contribution < 1.29 is 10.2 Å². The molecule has 1 saturated heterocycles. The second-order valence-corrected chi connectivity index (χ2v) is 7.85. The molecule has 4 atom stereocenters. The number of benzene rings is 2. The van der Waals surface area contributed by atoms with Crippen molar-refractivity contribution in [3.05, 3.63) is 65.7 Å². The molecular weight excluding hydrogens is 310 g/mol. The van der Waals surface area contributed by atoms with Crippen LogP contribution in [0.4, 0.5) is 0 Å². The van der Waals surface area contributed by atoms with E-state index in [0.29, 0.717) is 6.42 Å². The van der Waals surface area contributed by atoms with Crippen LogP contribution < -0.4 is 0 Å². The van der Waals surface area contributed by atoms with Gasteiger partial charge < -0.3 is 10.2 Å². The highest BCUT2D eigenvalue weighted by Gasteiger charge is 2.42. The Morgan fingerprint density at radius 2 is 1.52 bits per heavy atom. The number of aliphatic hydroxyl groups is 1. The minimum Gasteiger partial charge on any atom is -0.508 e. The molecule has 2 fully saturated rings. The number of hydrogen-bond donors (Lipinski definition) is 2. The Morgan fingerprint density at radius 1 is 0.880 bits per heavy atom. The lowest BCUT2D eigenvalue weighted by atomic mass is 9.96. The van der Waals surface area contributed by atoms with E-state index in [2.05, 4.69) is 35.2 Å². The van der Waals surface area contributed by atoms with Crippen LogP contribution in [0.5, 0.6) is 5.75 Å². The summed E-state index contributed by atoms with van der Waals surface area (Å²) < 4.78 is 0. The van der Waals surface area contributed by atoms with Crippen molar-refractivity contribution in [2.75, 3.05) is 13.1 Å². The Morgan fingerprint density at radius 3 is 2.16 bits per heavy atom. The molecule has 2 aromatic rings. The zero-order valence-corrected chi connectivity index (χ0v) is 14.6. The summed E-state index contributed by atoms with van der Waals surface area (Å²) in [5, 5.41) is 20.0. The topological polar surface area (TPSA) is 43.7 Å². The molecule has 1 aliphatic carbocycles. The van der Waals surface area contributed by atoms with Crippen LogP contribution >= 0.6 is 0 Å². The van der Waals surface area contributed by atoms with Crippen LogP contribution in [0, 0.1) is 17.8 Å². The zero-order chi connectivity index (χ0) is 17.2. The molecule has 0 radical (unpaired) electrons. The Balaban J connectivity index is 1.29. The fourth-order valence-electron chi connectivity index (χ4n) is 4.79. The molecule has 0 bridgehead atoms. The smallest absolute Gasteiger partial charge is 0.115 e. The minimum absolute atomic E-state index is 0.276. The molecule has 4 rings (SSSR count). The van der Waals surface area contributed by atoms with Crippen molar-refractivity contribution in [2.45, 2.75) is 31.9 Å². The van der Waals surface area contributed by atoms with E-state index in [0.717, 1.165) is 36.4 Å². The molecule has 2 aliphatic rings. The van der Waals surface area contributed by atoms with E-state index in [1.807, 2.05) is 12.1 Å². The van der Waals surface area contributed by atoms with Gasteiger partial charge in [-0.15, -0.1) is 0 Å². The molecule has 132 valence electrons. The molecule has 1 heterocycles. The third-order valence-electron chi connectivity index (χ3n) is 6.02. The van der Waals surface area contributed by atoms with E-state index in [9.17, 15) is 10.2 Å². The van der Waals surface area contributed by atoms with Crippen LogP contribution in [0.3, 0.4) is 0 Å². The number of phenolic OH excluding ortho intramolecular Hbond substituents is 1. The first-order valence-electron chi connectivity index (χ1n) is 9.41. The van der Waals surface area contributed by atoms with Gasteiger partial charge in [0.05, 0.1) is 0 Å². The second-order valence-electron chi connectivity index (χ2n) is 7.85. The fraction of sp³-hybridized carbons (Fsp3) is 0.455. The van der Waals surface area contributed by atoms with Gasteiger partial charge in [-0.25, -0.2) is 0 Å². The highest BCUT2D eigenvalue weighted by molar-refractivity contribution is 5.26. The summed E-state index contributed by atoms with van der Waals surface area (Å²) in [5.41, 5.74) is 2.53. The highest BCUT2D eigenvalue weighted by atomic mass is 16.3. The van der Waals surface area contributed by atoms with Crippen molar-refractivity contribution in [3.8, 4) is 5.75 Å². The van der Waals surface area contributed by atoms with Gasteiger partial charge in [0.1, 0.15) is 12.0 Å². The van der Waals surface area contributed by atoms with Gasteiger partial charge in [-0.05, 0) is 60.3 Å². The third-order valence-corrected chi connectivity index (χ3v) is 6.02. The van der Waals surface area contributed by atoms with E-state index in [4.69, 9.17) is 0 Å². The van der Waals surface area contributed by atoms with E-state index < -0.39 is 6.23 Å². The minimum atomic E-state index is -0.414. The lowest BCUT2D eigenvalue weighted by Gasteiger charge is -2.25. The van der Waals surface area contributed by atoms with E-state index in [1.54, 1.807) is 12.1 Å². The number of aliphatic hydroxyl groups excluding tert-OH is 1. The zero-order valence-electron chi connectivity index (χ0n) is 14.6. The summed E-state index contributed by atoms with van der Waals surface area (Å²) in [6.07, 6.45) is 4.00. The van der Waals surface area contributed by atoms with E-state index in [-0.39, 0.29) is 5.75 Å². The first-order chi connectivity index (χ1) is 12.2. The number of nitrogens with zero attached hydrogens (tertiary/aromatic N) is 1. The molecule has 1 unspecified atom stereocenters. The van der Waals surface area contributed by atoms with Crippen molar-refractivity contribution in [1.82, 2.24) is 4.90 Å². The van der Waals surface area contributed by atoms with Gasteiger partial charge in [-0.1, -0.05) is 42.5 Å². The Hall–Kier alpha value is -1.84. The molecule has 2 N–H and O–H groups in total. The third kappa shape index (κ3) is 3.88. The van der Waals surface area contributed by atoms with E-state index in [1.165, 1.54) is 24.8 Å². The van der Waals surface area contributed by atoms with Crippen LogP contribution in [0.25, 0.3) is 0 Å². The average molecular weight is 337 g/mol. The number of hydrogen-bond acceptors (Lipinski definition) is 3. The van der Waals surface area contributed by atoms with Gasteiger partial charge in [0, 0.05) is 19.5 Å². The summed E-state index contributed by atoms with van der Waals surface area (Å²) in [7, 11) is 0. The first kappa shape index (κ1) is 16.6. The second kappa shape index (κ2) is 7.19. The number of likely N-dealkylation sites (tertiary alicyclic amines) is 1. The van der Waals surface area contributed by atoms with E-state index >= 15 is 0 Å². The summed E-state index contributed by atoms with van der Waals surface area (Å²) >= 11 is 0. The predicted octanol–water partition coefficient (Wildman–Crippen LogP) is 3.45. The molecular formula is C22H27NO2.